The fraction of sp³-hybridized carbons (Fsp3) is 1.00. The molecule has 0 saturated carbocycles. The average molecular weight is 241 g/mol. The van der Waals surface area contributed by atoms with E-state index in [0.29, 0.717) is 6.04 Å². The van der Waals surface area contributed by atoms with Crippen LogP contribution in [0, 0.1) is 5.92 Å². The lowest BCUT2D eigenvalue weighted by molar-refractivity contribution is -0.102. The molecule has 3 unspecified atom stereocenters. The van der Waals surface area contributed by atoms with Crippen LogP contribution in [0.5, 0.6) is 0 Å². The Labute approximate surface area is 105 Å². The lowest BCUT2D eigenvalue weighted by atomic mass is 9.81. The van der Waals surface area contributed by atoms with Crippen molar-refractivity contribution in [3.63, 3.8) is 0 Å². The van der Waals surface area contributed by atoms with Gasteiger partial charge in [0.25, 0.3) is 0 Å². The molecule has 0 bridgehead atoms. The maximum Gasteiger partial charge on any atom is 0.109 e. The molecule has 3 nitrogen and oxygen atoms in total. The summed E-state index contributed by atoms with van der Waals surface area (Å²) in [6.07, 6.45) is 3.43. The summed E-state index contributed by atoms with van der Waals surface area (Å²) in [4.78, 5) is 0. The van der Waals surface area contributed by atoms with Crippen LogP contribution in [0.25, 0.3) is 0 Å². The number of hydrogen-bond donors (Lipinski definition) is 1. The number of nitrogens with one attached hydrogen (secondary N) is 1. The topological polar surface area (TPSA) is 30.5 Å². The summed E-state index contributed by atoms with van der Waals surface area (Å²) in [5, 5.41) is 3.65. The maximum absolute atomic E-state index is 6.13. The molecule has 1 spiro atoms. The lowest BCUT2D eigenvalue weighted by Crippen LogP contribution is -2.59. The van der Waals surface area contributed by atoms with Crippen LogP contribution in [0.1, 0.15) is 47.0 Å². The predicted molar refractivity (Wildman–Crippen MR) is 69.2 cm³/mol. The van der Waals surface area contributed by atoms with Crippen molar-refractivity contribution in [3.05, 3.63) is 0 Å². The van der Waals surface area contributed by atoms with E-state index in [9.17, 15) is 0 Å². The number of morpholine rings is 1. The average Bonchev–Trinajstić information content (AvgIpc) is 2.58. The monoisotopic (exact) mass is 241 g/mol. The van der Waals surface area contributed by atoms with Crippen LogP contribution in [-0.2, 0) is 9.47 Å². The van der Waals surface area contributed by atoms with E-state index in [1.165, 1.54) is 12.8 Å². The quantitative estimate of drug-likeness (QED) is 0.822. The third-order valence-electron chi connectivity index (χ3n) is 4.28. The van der Waals surface area contributed by atoms with Crippen LogP contribution in [0.4, 0.5) is 0 Å². The Bertz CT molecular complexity index is 267. The van der Waals surface area contributed by atoms with Gasteiger partial charge in [0.1, 0.15) is 5.60 Å². The normalized spacial score (nSPS) is 38.5. The highest BCUT2D eigenvalue weighted by atomic mass is 16.6. The van der Waals surface area contributed by atoms with E-state index in [0.717, 1.165) is 32.1 Å². The Kier molecular flexibility index (Phi) is 3.81. The summed E-state index contributed by atoms with van der Waals surface area (Å²) >= 11 is 0. The minimum Gasteiger partial charge on any atom is -0.372 e. The molecular weight excluding hydrogens is 214 g/mol. The number of rotatable bonds is 3. The Balaban J connectivity index is 2.07. The molecule has 0 radical (unpaired) electrons. The molecule has 0 aromatic rings. The van der Waals surface area contributed by atoms with E-state index >= 15 is 0 Å². The summed E-state index contributed by atoms with van der Waals surface area (Å²) < 4.78 is 12.0. The van der Waals surface area contributed by atoms with Crippen molar-refractivity contribution in [1.29, 1.82) is 0 Å². The van der Waals surface area contributed by atoms with Gasteiger partial charge in [-0.1, -0.05) is 20.3 Å². The van der Waals surface area contributed by atoms with Gasteiger partial charge in [-0.3, -0.25) is 0 Å². The van der Waals surface area contributed by atoms with Gasteiger partial charge < -0.3 is 14.8 Å². The molecule has 0 aromatic heterocycles. The smallest absolute Gasteiger partial charge is 0.109 e. The Morgan fingerprint density at radius 3 is 2.71 bits per heavy atom. The van der Waals surface area contributed by atoms with Crippen LogP contribution in [-0.4, -0.2) is 37.0 Å². The lowest BCUT2D eigenvalue weighted by Gasteiger charge is -2.42. The van der Waals surface area contributed by atoms with Crippen molar-refractivity contribution in [2.45, 2.75) is 64.2 Å². The Hall–Kier alpha value is -0.120. The van der Waals surface area contributed by atoms with E-state index in [2.05, 4.69) is 33.0 Å². The zero-order valence-electron chi connectivity index (χ0n) is 11.7. The standard InChI is InChI=1S/C14H27NO2/c1-5-11(2)8-12-14(16-7-6-15-12)9-13(3,4)17-10-14/h11-12,15H,5-10H2,1-4H3. The maximum atomic E-state index is 6.13. The van der Waals surface area contributed by atoms with Crippen molar-refractivity contribution in [2.24, 2.45) is 5.92 Å². The van der Waals surface area contributed by atoms with E-state index in [4.69, 9.17) is 9.47 Å². The first-order chi connectivity index (χ1) is 7.97. The fourth-order valence-corrected chi connectivity index (χ4v) is 3.10. The fourth-order valence-electron chi connectivity index (χ4n) is 3.10. The third kappa shape index (κ3) is 2.83. The molecule has 2 saturated heterocycles. The van der Waals surface area contributed by atoms with Crippen LogP contribution in [0.15, 0.2) is 0 Å². The number of hydrogen-bond acceptors (Lipinski definition) is 3. The Morgan fingerprint density at radius 1 is 1.35 bits per heavy atom. The van der Waals surface area contributed by atoms with Gasteiger partial charge in [-0.05, 0) is 26.2 Å². The van der Waals surface area contributed by atoms with E-state index in [1.54, 1.807) is 0 Å². The van der Waals surface area contributed by atoms with E-state index < -0.39 is 0 Å². The molecule has 2 aliphatic rings. The third-order valence-corrected chi connectivity index (χ3v) is 4.28. The number of ether oxygens (including phenoxy) is 2. The highest BCUT2D eigenvalue weighted by molar-refractivity contribution is 5.04. The highest BCUT2D eigenvalue weighted by Gasteiger charge is 2.51. The van der Waals surface area contributed by atoms with Crippen molar-refractivity contribution in [3.8, 4) is 0 Å². The molecule has 2 rings (SSSR count). The van der Waals surface area contributed by atoms with E-state index in [-0.39, 0.29) is 11.2 Å². The van der Waals surface area contributed by atoms with Crippen molar-refractivity contribution in [2.75, 3.05) is 19.8 Å². The molecule has 0 aliphatic carbocycles. The second kappa shape index (κ2) is 4.87. The second-order valence-electron chi connectivity index (χ2n) is 6.39. The highest BCUT2D eigenvalue weighted by Crippen LogP contribution is 2.40. The molecule has 2 aliphatic heterocycles. The van der Waals surface area contributed by atoms with Gasteiger partial charge in [-0.2, -0.15) is 0 Å². The van der Waals surface area contributed by atoms with Crippen LogP contribution in [0.2, 0.25) is 0 Å². The zero-order valence-corrected chi connectivity index (χ0v) is 11.7. The molecule has 0 aromatic carbocycles. The summed E-state index contributed by atoms with van der Waals surface area (Å²) in [5.74, 6) is 0.745. The van der Waals surface area contributed by atoms with E-state index in [1.807, 2.05) is 0 Å². The van der Waals surface area contributed by atoms with Crippen LogP contribution >= 0.6 is 0 Å². The molecule has 1 N–H and O–H groups in total. The Morgan fingerprint density at radius 2 is 2.12 bits per heavy atom. The minimum atomic E-state index is -0.0782. The molecule has 17 heavy (non-hydrogen) atoms. The first kappa shape index (κ1) is 13.3. The molecular formula is C14H27NO2. The van der Waals surface area contributed by atoms with Gasteiger partial charge >= 0.3 is 0 Å². The minimum absolute atomic E-state index is 0.0350. The van der Waals surface area contributed by atoms with Crippen LogP contribution < -0.4 is 5.32 Å². The molecule has 0 amide bonds. The summed E-state index contributed by atoms with van der Waals surface area (Å²) in [7, 11) is 0. The van der Waals surface area contributed by atoms with Crippen LogP contribution in [0.3, 0.4) is 0 Å². The van der Waals surface area contributed by atoms with Gasteiger partial charge in [0.05, 0.1) is 18.8 Å². The summed E-state index contributed by atoms with van der Waals surface area (Å²) in [5.41, 5.74) is -0.113. The van der Waals surface area contributed by atoms with Crippen molar-refractivity contribution >= 4 is 0 Å². The molecule has 3 heteroatoms. The summed E-state index contributed by atoms with van der Waals surface area (Å²) in [6, 6.07) is 0.452. The van der Waals surface area contributed by atoms with Gasteiger partial charge in [0.15, 0.2) is 0 Å². The SMILES string of the molecule is CCC(C)CC1NCCOC12COC(C)(C)C2. The molecule has 2 fully saturated rings. The van der Waals surface area contributed by atoms with Crippen molar-refractivity contribution < 1.29 is 9.47 Å². The van der Waals surface area contributed by atoms with Gasteiger partial charge in [-0.15, -0.1) is 0 Å². The molecule has 100 valence electrons. The largest absolute Gasteiger partial charge is 0.372 e. The van der Waals surface area contributed by atoms with Gasteiger partial charge in [-0.25, -0.2) is 0 Å². The van der Waals surface area contributed by atoms with Gasteiger partial charge in [0.2, 0.25) is 0 Å². The molecule has 3 atom stereocenters. The summed E-state index contributed by atoms with van der Waals surface area (Å²) in [6.45, 7) is 11.5. The van der Waals surface area contributed by atoms with Gasteiger partial charge in [0, 0.05) is 19.0 Å². The first-order valence-corrected chi connectivity index (χ1v) is 6.99. The zero-order chi connectivity index (χ0) is 12.5. The van der Waals surface area contributed by atoms with Crippen molar-refractivity contribution in [1.82, 2.24) is 5.32 Å². The second-order valence-corrected chi connectivity index (χ2v) is 6.39. The molecule has 2 heterocycles. The predicted octanol–water partition coefficient (Wildman–Crippen LogP) is 2.35. The first-order valence-electron chi connectivity index (χ1n) is 6.99.